The Balaban J connectivity index is 2.50. The summed E-state index contributed by atoms with van der Waals surface area (Å²) < 4.78 is 71.8. The maximum Gasteiger partial charge on any atom is 0.417 e. The van der Waals surface area contributed by atoms with Gasteiger partial charge in [-0.2, -0.15) is 17.9 Å². The predicted octanol–water partition coefficient (Wildman–Crippen LogP) is 3.51. The summed E-state index contributed by atoms with van der Waals surface area (Å²) in [5, 5.41) is -0.244. The highest BCUT2D eigenvalue weighted by molar-refractivity contribution is 7.89. The number of benzene rings is 1. The maximum absolute atomic E-state index is 13.2. The first-order valence-corrected chi connectivity index (χ1v) is 9.37. The molecule has 25 heavy (non-hydrogen) atoms. The lowest BCUT2D eigenvalue weighted by molar-refractivity contribution is -0.149. The quantitative estimate of drug-likeness (QED) is 0.786. The maximum atomic E-state index is 13.2. The van der Waals surface area contributed by atoms with Crippen molar-refractivity contribution in [3.05, 3.63) is 28.8 Å². The molecule has 0 radical (unpaired) electrons. The van der Waals surface area contributed by atoms with Gasteiger partial charge in [-0.15, -0.1) is 0 Å². The molecule has 0 unspecified atom stereocenters. The molecular formula is C15H17ClF3NO4S. The first-order chi connectivity index (χ1) is 11.5. The molecule has 0 aromatic heterocycles. The summed E-state index contributed by atoms with van der Waals surface area (Å²) in [6.45, 7) is 0. The van der Waals surface area contributed by atoms with Crippen molar-refractivity contribution in [2.75, 3.05) is 7.11 Å². The summed E-state index contributed by atoms with van der Waals surface area (Å²) >= 11 is 5.58. The molecule has 1 aliphatic rings. The highest BCUT2D eigenvalue weighted by Crippen LogP contribution is 2.37. The predicted molar refractivity (Wildman–Crippen MR) is 84.6 cm³/mol. The molecule has 2 rings (SSSR count). The number of carbonyl (C=O) groups is 1. The van der Waals surface area contributed by atoms with Gasteiger partial charge in [0.15, 0.2) is 0 Å². The van der Waals surface area contributed by atoms with E-state index in [0.29, 0.717) is 18.9 Å². The van der Waals surface area contributed by atoms with E-state index in [4.69, 9.17) is 11.6 Å². The first kappa shape index (κ1) is 20.0. The van der Waals surface area contributed by atoms with E-state index in [-0.39, 0.29) is 17.9 Å². The Kier molecular flexibility index (Phi) is 5.70. The molecule has 0 saturated heterocycles. The first-order valence-electron chi connectivity index (χ1n) is 7.51. The third-order valence-electron chi connectivity index (χ3n) is 4.15. The van der Waals surface area contributed by atoms with Gasteiger partial charge < -0.3 is 4.74 Å². The van der Waals surface area contributed by atoms with Gasteiger partial charge >= 0.3 is 12.1 Å². The van der Waals surface area contributed by atoms with Gasteiger partial charge in [0.1, 0.15) is 5.54 Å². The van der Waals surface area contributed by atoms with E-state index in [2.05, 4.69) is 9.46 Å². The number of alkyl halides is 3. The molecule has 1 fully saturated rings. The minimum absolute atomic E-state index is 0.161. The molecule has 1 saturated carbocycles. The Hall–Kier alpha value is -1.32. The molecule has 0 heterocycles. The molecule has 1 aromatic rings. The second-order valence-electron chi connectivity index (χ2n) is 5.88. The van der Waals surface area contributed by atoms with Crippen molar-refractivity contribution < 1.29 is 31.1 Å². The number of carbonyl (C=O) groups excluding carboxylic acids is 1. The number of nitrogens with one attached hydrogen (secondary N) is 1. The number of hydrogen-bond acceptors (Lipinski definition) is 4. The highest BCUT2D eigenvalue weighted by atomic mass is 35.5. The number of sulfonamides is 1. The minimum atomic E-state index is -4.92. The Morgan fingerprint density at radius 3 is 2.36 bits per heavy atom. The second-order valence-corrected chi connectivity index (χ2v) is 7.97. The summed E-state index contributed by atoms with van der Waals surface area (Å²) in [6.07, 6.45) is -2.67. The third kappa shape index (κ3) is 4.27. The number of rotatable bonds is 4. The number of methoxy groups -OCH3 is 1. The van der Waals surface area contributed by atoms with Gasteiger partial charge in [-0.3, -0.25) is 4.79 Å². The largest absolute Gasteiger partial charge is 0.468 e. The molecule has 5 nitrogen and oxygen atoms in total. The van der Waals surface area contributed by atoms with Crippen LogP contribution in [0.2, 0.25) is 5.02 Å². The standard InChI is InChI=1S/C15H17ClF3NO4S/c1-24-13(21)14(7-3-2-4-8-14)20-25(22,23)12-6-5-10(16)9-11(12)15(17,18)19/h5-6,9,20H,2-4,7-8H2,1H3. The van der Waals surface area contributed by atoms with Crippen LogP contribution in [-0.2, 0) is 25.7 Å². The lowest BCUT2D eigenvalue weighted by atomic mass is 9.83. The van der Waals surface area contributed by atoms with Crippen molar-refractivity contribution in [1.29, 1.82) is 0 Å². The summed E-state index contributed by atoms with van der Waals surface area (Å²) in [7, 11) is -3.53. The summed E-state index contributed by atoms with van der Waals surface area (Å²) in [4.78, 5) is 11.2. The third-order valence-corrected chi connectivity index (χ3v) is 5.98. The zero-order valence-corrected chi connectivity index (χ0v) is 14.9. The SMILES string of the molecule is COC(=O)C1(NS(=O)(=O)c2ccc(Cl)cc2C(F)(F)F)CCCCC1. The molecule has 0 amide bonds. The fourth-order valence-electron chi connectivity index (χ4n) is 2.97. The van der Waals surface area contributed by atoms with Crippen molar-refractivity contribution in [2.24, 2.45) is 0 Å². The van der Waals surface area contributed by atoms with Crippen molar-refractivity contribution in [3.63, 3.8) is 0 Å². The number of esters is 1. The molecule has 1 N–H and O–H groups in total. The number of ether oxygens (including phenoxy) is 1. The van der Waals surface area contributed by atoms with Crippen molar-refractivity contribution >= 4 is 27.6 Å². The fraction of sp³-hybridized carbons (Fsp3) is 0.533. The van der Waals surface area contributed by atoms with Crippen LogP contribution in [0.5, 0.6) is 0 Å². The van der Waals surface area contributed by atoms with Gasteiger partial charge in [-0.1, -0.05) is 30.9 Å². The monoisotopic (exact) mass is 399 g/mol. The van der Waals surface area contributed by atoms with Crippen LogP contribution in [0.15, 0.2) is 23.1 Å². The van der Waals surface area contributed by atoms with E-state index in [1.165, 1.54) is 0 Å². The minimum Gasteiger partial charge on any atom is -0.468 e. The van der Waals surface area contributed by atoms with E-state index in [0.717, 1.165) is 25.7 Å². The molecule has 140 valence electrons. The number of hydrogen-bond donors (Lipinski definition) is 1. The normalized spacial score (nSPS) is 18.0. The Bertz CT molecular complexity index is 759. The average Bonchev–Trinajstić information content (AvgIpc) is 2.53. The molecule has 1 aromatic carbocycles. The van der Waals surface area contributed by atoms with E-state index >= 15 is 0 Å². The molecule has 0 spiro atoms. The van der Waals surface area contributed by atoms with Crippen molar-refractivity contribution in [2.45, 2.75) is 48.7 Å². The van der Waals surface area contributed by atoms with E-state index < -0.39 is 38.2 Å². The Morgan fingerprint density at radius 1 is 1.24 bits per heavy atom. The van der Waals surface area contributed by atoms with Crippen LogP contribution >= 0.6 is 11.6 Å². The topological polar surface area (TPSA) is 72.5 Å². The highest BCUT2D eigenvalue weighted by Gasteiger charge is 2.46. The smallest absolute Gasteiger partial charge is 0.417 e. The van der Waals surface area contributed by atoms with Gasteiger partial charge in [-0.05, 0) is 31.0 Å². The van der Waals surface area contributed by atoms with Crippen LogP contribution in [0.3, 0.4) is 0 Å². The number of halogens is 4. The van der Waals surface area contributed by atoms with Gasteiger partial charge in [0.05, 0.1) is 17.6 Å². The zero-order valence-electron chi connectivity index (χ0n) is 13.3. The van der Waals surface area contributed by atoms with E-state index in [9.17, 15) is 26.4 Å². The van der Waals surface area contributed by atoms with E-state index in [1.807, 2.05) is 0 Å². The lowest BCUT2D eigenvalue weighted by Gasteiger charge is -2.35. The van der Waals surface area contributed by atoms with Crippen LogP contribution in [0.4, 0.5) is 13.2 Å². The fourth-order valence-corrected chi connectivity index (χ4v) is 4.76. The molecule has 10 heteroatoms. The van der Waals surface area contributed by atoms with Crippen LogP contribution in [0, 0.1) is 0 Å². The molecule has 0 atom stereocenters. The average molecular weight is 400 g/mol. The van der Waals surface area contributed by atoms with Gasteiger partial charge in [0.2, 0.25) is 10.0 Å². The summed E-state index contributed by atoms with van der Waals surface area (Å²) in [5.41, 5.74) is -2.95. The van der Waals surface area contributed by atoms with Gasteiger partial charge in [0, 0.05) is 5.02 Å². The zero-order chi connectivity index (χ0) is 18.9. The molecule has 0 bridgehead atoms. The Morgan fingerprint density at radius 2 is 1.84 bits per heavy atom. The molecular weight excluding hydrogens is 383 g/mol. The van der Waals surface area contributed by atoms with Gasteiger partial charge in [0.25, 0.3) is 0 Å². The lowest BCUT2D eigenvalue weighted by Crippen LogP contribution is -2.56. The van der Waals surface area contributed by atoms with Crippen molar-refractivity contribution in [1.82, 2.24) is 4.72 Å². The van der Waals surface area contributed by atoms with Gasteiger partial charge in [-0.25, -0.2) is 8.42 Å². The van der Waals surface area contributed by atoms with E-state index in [1.54, 1.807) is 0 Å². The Labute approximate surface area is 148 Å². The van der Waals surface area contributed by atoms with Crippen molar-refractivity contribution in [3.8, 4) is 0 Å². The second kappa shape index (κ2) is 7.13. The molecule has 0 aliphatic heterocycles. The van der Waals surface area contributed by atoms with Crippen LogP contribution < -0.4 is 4.72 Å². The van der Waals surface area contributed by atoms with Crippen LogP contribution in [-0.4, -0.2) is 27.0 Å². The van der Waals surface area contributed by atoms with Crippen LogP contribution in [0.1, 0.15) is 37.7 Å². The molecule has 1 aliphatic carbocycles. The summed E-state index contributed by atoms with van der Waals surface area (Å²) in [5.74, 6) is -0.807. The van der Waals surface area contributed by atoms with Crippen LogP contribution in [0.25, 0.3) is 0 Å². The summed E-state index contributed by atoms with van der Waals surface area (Å²) in [6, 6.07) is 2.38.